The van der Waals surface area contributed by atoms with E-state index in [9.17, 15) is 0 Å². The highest BCUT2D eigenvalue weighted by atomic mass is 79.9. The lowest BCUT2D eigenvalue weighted by Crippen LogP contribution is -2.30. The van der Waals surface area contributed by atoms with Crippen LogP contribution in [0.15, 0.2) is 22.7 Å². The van der Waals surface area contributed by atoms with E-state index in [4.69, 9.17) is 0 Å². The van der Waals surface area contributed by atoms with Gasteiger partial charge in [0.05, 0.1) is 0 Å². The minimum absolute atomic E-state index is 0.716. The van der Waals surface area contributed by atoms with Crippen molar-refractivity contribution >= 4 is 21.6 Å². The summed E-state index contributed by atoms with van der Waals surface area (Å²) in [6.45, 7) is 2.16. The first-order chi connectivity index (χ1) is 6.79. The van der Waals surface area contributed by atoms with Gasteiger partial charge in [-0.05, 0) is 43.6 Å². The van der Waals surface area contributed by atoms with E-state index in [0.29, 0.717) is 5.92 Å². The molecule has 1 aliphatic rings. The van der Waals surface area contributed by atoms with Gasteiger partial charge in [0.25, 0.3) is 0 Å². The largest absolute Gasteiger partial charge is 0.384 e. The maximum Gasteiger partial charge on any atom is 0.0384 e. The van der Waals surface area contributed by atoms with Crippen LogP contribution in [0.1, 0.15) is 5.56 Å². The number of anilines is 1. The van der Waals surface area contributed by atoms with Crippen molar-refractivity contribution in [2.45, 2.75) is 6.42 Å². The van der Waals surface area contributed by atoms with E-state index in [0.717, 1.165) is 17.6 Å². The maximum absolute atomic E-state index is 3.48. The summed E-state index contributed by atoms with van der Waals surface area (Å²) in [5.74, 6) is 0.716. The van der Waals surface area contributed by atoms with Gasteiger partial charge < -0.3 is 10.6 Å². The highest BCUT2D eigenvalue weighted by Crippen LogP contribution is 2.27. The highest BCUT2D eigenvalue weighted by Gasteiger charge is 2.17. The average Bonchev–Trinajstić information content (AvgIpc) is 2.19. The molecule has 0 bridgehead atoms. The van der Waals surface area contributed by atoms with Crippen molar-refractivity contribution < 1.29 is 0 Å². The van der Waals surface area contributed by atoms with E-state index >= 15 is 0 Å². The van der Waals surface area contributed by atoms with E-state index in [1.807, 2.05) is 7.05 Å². The van der Waals surface area contributed by atoms with Crippen molar-refractivity contribution in [1.82, 2.24) is 5.32 Å². The molecule has 0 amide bonds. The summed E-state index contributed by atoms with van der Waals surface area (Å²) < 4.78 is 1.15. The molecule has 0 radical (unpaired) electrons. The summed E-state index contributed by atoms with van der Waals surface area (Å²) in [5.41, 5.74) is 2.71. The summed E-state index contributed by atoms with van der Waals surface area (Å²) in [7, 11) is 2.01. The molecule has 2 rings (SSSR count). The van der Waals surface area contributed by atoms with Crippen LogP contribution in [0, 0.1) is 5.92 Å². The van der Waals surface area contributed by atoms with Gasteiger partial charge in [0.1, 0.15) is 0 Å². The third kappa shape index (κ3) is 2.10. The number of rotatable bonds is 2. The molecule has 0 spiro atoms. The van der Waals surface area contributed by atoms with Crippen LogP contribution >= 0.6 is 15.9 Å². The van der Waals surface area contributed by atoms with E-state index in [-0.39, 0.29) is 0 Å². The van der Waals surface area contributed by atoms with Crippen molar-refractivity contribution in [2.75, 3.05) is 25.5 Å². The van der Waals surface area contributed by atoms with Crippen molar-refractivity contribution in [2.24, 2.45) is 5.92 Å². The molecule has 1 heterocycles. The second-order valence-electron chi connectivity index (χ2n) is 3.81. The molecule has 76 valence electrons. The fourth-order valence-corrected chi connectivity index (χ4v) is 2.32. The van der Waals surface area contributed by atoms with Gasteiger partial charge in [0.2, 0.25) is 0 Å². The Kier molecular flexibility index (Phi) is 3.08. The van der Waals surface area contributed by atoms with Crippen molar-refractivity contribution in [3.63, 3.8) is 0 Å². The van der Waals surface area contributed by atoms with Crippen LogP contribution in [0.3, 0.4) is 0 Å². The fourth-order valence-electron chi connectivity index (χ4n) is 1.96. The maximum atomic E-state index is 3.48. The van der Waals surface area contributed by atoms with E-state index in [2.05, 4.69) is 44.8 Å². The molecule has 0 aliphatic carbocycles. The predicted molar refractivity (Wildman–Crippen MR) is 63.8 cm³/mol. The van der Waals surface area contributed by atoms with Crippen LogP contribution < -0.4 is 10.6 Å². The highest BCUT2D eigenvalue weighted by molar-refractivity contribution is 9.10. The lowest BCUT2D eigenvalue weighted by Gasteiger charge is -2.26. The third-order valence-corrected chi connectivity index (χ3v) is 3.15. The Labute approximate surface area is 93.2 Å². The van der Waals surface area contributed by atoms with Gasteiger partial charge in [-0.2, -0.15) is 0 Å². The molecule has 0 saturated carbocycles. The number of fused-ring (bicyclic) bond motifs is 1. The van der Waals surface area contributed by atoms with Gasteiger partial charge in [0.15, 0.2) is 0 Å². The minimum Gasteiger partial charge on any atom is -0.384 e. The lowest BCUT2D eigenvalue weighted by atomic mass is 9.94. The molecule has 0 aromatic heterocycles. The van der Waals surface area contributed by atoms with E-state index in [1.165, 1.54) is 17.7 Å². The fraction of sp³-hybridized carbons (Fsp3) is 0.455. The molecule has 14 heavy (non-hydrogen) atoms. The Morgan fingerprint density at radius 2 is 2.43 bits per heavy atom. The Morgan fingerprint density at radius 3 is 3.21 bits per heavy atom. The zero-order valence-electron chi connectivity index (χ0n) is 8.31. The topological polar surface area (TPSA) is 24.1 Å². The first-order valence-electron chi connectivity index (χ1n) is 4.96. The van der Waals surface area contributed by atoms with Crippen LogP contribution in [0.4, 0.5) is 5.69 Å². The summed E-state index contributed by atoms with van der Waals surface area (Å²) in [6, 6.07) is 6.47. The van der Waals surface area contributed by atoms with Gasteiger partial charge >= 0.3 is 0 Å². The number of halogens is 1. The first kappa shape index (κ1) is 9.99. The van der Waals surface area contributed by atoms with Gasteiger partial charge in [0, 0.05) is 16.7 Å². The molecule has 2 N–H and O–H groups in total. The normalized spacial score (nSPS) is 20.0. The van der Waals surface area contributed by atoms with Gasteiger partial charge in [-0.3, -0.25) is 0 Å². The zero-order chi connectivity index (χ0) is 9.97. The molecular formula is C11H15BrN2. The van der Waals surface area contributed by atoms with Crippen LogP contribution in [0.25, 0.3) is 0 Å². The molecule has 2 nitrogen and oxygen atoms in total. The predicted octanol–water partition coefficient (Wildman–Crippen LogP) is 2.25. The van der Waals surface area contributed by atoms with E-state index in [1.54, 1.807) is 0 Å². The van der Waals surface area contributed by atoms with Crippen molar-refractivity contribution in [1.29, 1.82) is 0 Å². The Bertz CT molecular complexity index is 325. The van der Waals surface area contributed by atoms with Gasteiger partial charge in [-0.25, -0.2) is 0 Å². The number of nitrogens with one attached hydrogen (secondary N) is 2. The molecule has 0 saturated heterocycles. The van der Waals surface area contributed by atoms with Crippen LogP contribution in [-0.2, 0) is 6.42 Å². The first-order valence-corrected chi connectivity index (χ1v) is 5.76. The summed E-state index contributed by atoms with van der Waals surface area (Å²) in [5, 5.41) is 6.70. The average molecular weight is 255 g/mol. The van der Waals surface area contributed by atoms with Crippen LogP contribution in [-0.4, -0.2) is 20.1 Å². The minimum atomic E-state index is 0.716. The smallest absolute Gasteiger partial charge is 0.0384 e. The number of hydrogen-bond acceptors (Lipinski definition) is 2. The van der Waals surface area contributed by atoms with Crippen LogP contribution in [0.2, 0.25) is 0 Å². The molecule has 1 aliphatic heterocycles. The van der Waals surface area contributed by atoms with Crippen LogP contribution in [0.5, 0.6) is 0 Å². The zero-order valence-corrected chi connectivity index (χ0v) is 9.89. The monoisotopic (exact) mass is 254 g/mol. The van der Waals surface area contributed by atoms with Gasteiger partial charge in [-0.1, -0.05) is 22.0 Å². The van der Waals surface area contributed by atoms with E-state index < -0.39 is 0 Å². The Balaban J connectivity index is 2.15. The third-order valence-electron chi connectivity index (χ3n) is 2.65. The van der Waals surface area contributed by atoms with Gasteiger partial charge in [-0.15, -0.1) is 0 Å². The Hall–Kier alpha value is -0.540. The molecule has 1 aromatic rings. The summed E-state index contributed by atoms with van der Waals surface area (Å²) in [4.78, 5) is 0. The standard InChI is InChI=1S/C11H15BrN2/c1-13-6-8-4-9-2-3-10(12)5-11(9)14-7-8/h2-3,5,8,13-14H,4,6-7H2,1H3. The Morgan fingerprint density at radius 1 is 1.57 bits per heavy atom. The second kappa shape index (κ2) is 4.32. The van der Waals surface area contributed by atoms with Crippen molar-refractivity contribution in [3.8, 4) is 0 Å². The second-order valence-corrected chi connectivity index (χ2v) is 4.73. The summed E-state index contributed by atoms with van der Waals surface area (Å²) >= 11 is 3.48. The molecular weight excluding hydrogens is 240 g/mol. The molecule has 1 aromatic carbocycles. The molecule has 1 unspecified atom stereocenters. The molecule has 0 fully saturated rings. The molecule has 3 heteroatoms. The summed E-state index contributed by atoms with van der Waals surface area (Å²) in [6.07, 6.45) is 1.18. The lowest BCUT2D eigenvalue weighted by molar-refractivity contribution is 0.508. The van der Waals surface area contributed by atoms with Crippen molar-refractivity contribution in [3.05, 3.63) is 28.2 Å². The molecule has 1 atom stereocenters. The number of hydrogen-bond donors (Lipinski definition) is 2. The quantitative estimate of drug-likeness (QED) is 0.847. The SMILES string of the molecule is CNCC1CNc2cc(Br)ccc2C1. The number of benzene rings is 1.